The number of benzene rings is 2. The molecule has 2 aliphatic rings. The third-order valence-electron chi connectivity index (χ3n) is 6.02. The van der Waals surface area contributed by atoms with Gasteiger partial charge < -0.3 is 10.4 Å². The maximum absolute atomic E-state index is 13.9. The van der Waals surface area contributed by atoms with E-state index in [1.54, 1.807) is 36.2 Å². The van der Waals surface area contributed by atoms with E-state index >= 15 is 0 Å². The minimum atomic E-state index is -1.02. The van der Waals surface area contributed by atoms with Crippen LogP contribution in [0.1, 0.15) is 30.9 Å². The molecule has 4 rings (SSSR count). The molecule has 2 heterocycles. The van der Waals surface area contributed by atoms with Crippen LogP contribution in [0, 0.1) is 23.0 Å². The van der Waals surface area contributed by atoms with Gasteiger partial charge in [-0.2, -0.15) is 5.26 Å². The van der Waals surface area contributed by atoms with Crippen molar-refractivity contribution in [1.29, 1.82) is 5.26 Å². The molecule has 2 N–H and O–H groups in total. The number of hydrogen-bond donors (Lipinski definition) is 2. The van der Waals surface area contributed by atoms with Gasteiger partial charge in [0.1, 0.15) is 23.0 Å². The van der Waals surface area contributed by atoms with E-state index in [0.29, 0.717) is 30.5 Å². The van der Waals surface area contributed by atoms with Gasteiger partial charge in [-0.15, -0.1) is 0 Å². The smallest absolute Gasteiger partial charge is 0.277 e. The minimum Gasteiger partial charge on any atom is -0.509 e. The van der Waals surface area contributed by atoms with Gasteiger partial charge in [-0.1, -0.05) is 18.2 Å². The number of carbonyl (C=O) groups excluding carboxylic acids is 2. The number of aliphatic hydroxyl groups excluding tert-OH is 1. The first-order valence-electron chi connectivity index (χ1n) is 10.1. The molecular weight excluding hydrogens is 498 g/mol. The van der Waals surface area contributed by atoms with E-state index in [4.69, 9.17) is 0 Å². The Balaban J connectivity index is 1.72. The Hall–Kier alpha value is -3.29. The van der Waals surface area contributed by atoms with Crippen molar-refractivity contribution in [1.82, 2.24) is 10.0 Å². The number of halogens is 3. The quantitative estimate of drug-likeness (QED) is 0.469. The van der Waals surface area contributed by atoms with Crippen molar-refractivity contribution in [2.75, 3.05) is 11.9 Å². The van der Waals surface area contributed by atoms with Gasteiger partial charge in [-0.25, -0.2) is 13.8 Å². The average molecular weight is 517 g/mol. The Bertz CT molecular complexity index is 1220. The van der Waals surface area contributed by atoms with E-state index in [1.165, 1.54) is 5.01 Å². The van der Waals surface area contributed by atoms with Gasteiger partial charge in [0.15, 0.2) is 0 Å². The van der Waals surface area contributed by atoms with Gasteiger partial charge in [-0.3, -0.25) is 14.6 Å². The highest BCUT2D eigenvalue weighted by Crippen LogP contribution is 2.42. The minimum absolute atomic E-state index is 0.0176. The van der Waals surface area contributed by atoms with Crippen LogP contribution in [-0.4, -0.2) is 39.0 Å². The zero-order valence-corrected chi connectivity index (χ0v) is 19.1. The second-order valence-electron chi connectivity index (χ2n) is 8.06. The van der Waals surface area contributed by atoms with Crippen molar-refractivity contribution < 1.29 is 23.5 Å². The predicted molar refractivity (Wildman–Crippen MR) is 118 cm³/mol. The number of amides is 2. The van der Waals surface area contributed by atoms with E-state index in [-0.39, 0.29) is 16.7 Å². The second-order valence-corrected chi connectivity index (χ2v) is 8.86. The molecule has 0 bridgehead atoms. The number of nitrogens with one attached hydrogen (secondary N) is 1. The standard InChI is InChI=1S/C23H19BrF2N4O3/c1-23-7-4-8-30(23)29(12-14-6-3-2-5-13(14)11-27)22(33)18(20(23)31)21(32)28-15-9-16(25)19(24)17(26)10-15/h2-3,5-6,9-10,31H,4,7-8,12H2,1H3,(H,28,32)/t23-/m1/s1. The van der Waals surface area contributed by atoms with Crippen molar-refractivity contribution >= 4 is 33.4 Å². The molecule has 0 aromatic heterocycles. The van der Waals surface area contributed by atoms with Gasteiger partial charge in [0, 0.05) is 12.2 Å². The second kappa shape index (κ2) is 8.57. The molecule has 0 spiro atoms. The number of anilines is 1. The Morgan fingerprint density at radius 1 is 1.30 bits per heavy atom. The van der Waals surface area contributed by atoms with Crippen molar-refractivity contribution in [3.63, 3.8) is 0 Å². The van der Waals surface area contributed by atoms with E-state index in [0.717, 1.165) is 12.1 Å². The summed E-state index contributed by atoms with van der Waals surface area (Å²) in [6, 6.07) is 10.7. The first kappa shape index (κ1) is 22.9. The Morgan fingerprint density at radius 3 is 2.64 bits per heavy atom. The third-order valence-corrected chi connectivity index (χ3v) is 6.77. The molecule has 2 aliphatic heterocycles. The zero-order valence-electron chi connectivity index (χ0n) is 17.5. The zero-order chi connectivity index (χ0) is 23.9. The fourth-order valence-electron chi connectivity index (χ4n) is 4.30. The summed E-state index contributed by atoms with van der Waals surface area (Å²) in [7, 11) is 0. The SMILES string of the molecule is C[C@]12CCCN1N(Cc1ccccc1C#N)C(=O)C(C(=O)Nc1cc(F)c(Br)c(F)c1)=C2O. The van der Waals surface area contributed by atoms with Crippen LogP contribution in [0.2, 0.25) is 0 Å². The maximum Gasteiger partial charge on any atom is 0.277 e. The summed E-state index contributed by atoms with van der Waals surface area (Å²) < 4.78 is 27.4. The molecule has 0 saturated carbocycles. The van der Waals surface area contributed by atoms with Gasteiger partial charge in [-0.05, 0) is 59.5 Å². The van der Waals surface area contributed by atoms with Gasteiger partial charge in [0.2, 0.25) is 0 Å². The summed E-state index contributed by atoms with van der Waals surface area (Å²) in [6.45, 7) is 2.21. The van der Waals surface area contributed by atoms with Crippen LogP contribution in [0.4, 0.5) is 14.5 Å². The van der Waals surface area contributed by atoms with Gasteiger partial charge >= 0.3 is 0 Å². The maximum atomic E-state index is 13.9. The fourth-order valence-corrected chi connectivity index (χ4v) is 4.53. The first-order chi connectivity index (χ1) is 15.7. The number of carbonyl (C=O) groups is 2. The summed E-state index contributed by atoms with van der Waals surface area (Å²) in [5.41, 5.74) is -0.753. The lowest BCUT2D eigenvalue weighted by Crippen LogP contribution is -2.60. The van der Waals surface area contributed by atoms with Crippen molar-refractivity contribution in [2.24, 2.45) is 0 Å². The van der Waals surface area contributed by atoms with Crippen molar-refractivity contribution in [3.05, 3.63) is 75.0 Å². The van der Waals surface area contributed by atoms with Crippen LogP contribution in [0.15, 0.2) is 52.2 Å². The van der Waals surface area contributed by atoms with Crippen LogP contribution in [-0.2, 0) is 16.1 Å². The number of fused-ring (bicyclic) bond motifs is 1. The first-order valence-corrected chi connectivity index (χ1v) is 10.9. The molecule has 1 fully saturated rings. The van der Waals surface area contributed by atoms with E-state index in [1.807, 2.05) is 0 Å². The molecule has 33 heavy (non-hydrogen) atoms. The van der Waals surface area contributed by atoms with Crippen LogP contribution in [0.3, 0.4) is 0 Å². The number of hydrogen-bond acceptors (Lipinski definition) is 5. The van der Waals surface area contributed by atoms with E-state index in [9.17, 15) is 28.7 Å². The van der Waals surface area contributed by atoms with Crippen LogP contribution in [0.5, 0.6) is 0 Å². The highest BCUT2D eigenvalue weighted by atomic mass is 79.9. The number of hydrazine groups is 1. The van der Waals surface area contributed by atoms with Crippen LogP contribution < -0.4 is 5.32 Å². The topological polar surface area (TPSA) is 96.7 Å². The molecule has 2 aromatic carbocycles. The van der Waals surface area contributed by atoms with E-state index in [2.05, 4.69) is 27.3 Å². The number of nitrogens with zero attached hydrogens (tertiary/aromatic N) is 3. The molecule has 2 amide bonds. The fraction of sp³-hybridized carbons (Fsp3) is 0.261. The van der Waals surface area contributed by atoms with Crippen LogP contribution >= 0.6 is 15.9 Å². The summed E-state index contributed by atoms with van der Waals surface area (Å²) in [5.74, 6) is -4.00. The Labute approximate surface area is 197 Å². The van der Waals surface area contributed by atoms with E-state index < -0.39 is 40.3 Å². The van der Waals surface area contributed by atoms with Gasteiger partial charge in [0.05, 0.1) is 28.2 Å². The number of nitriles is 1. The lowest BCUT2D eigenvalue weighted by molar-refractivity contribution is -0.160. The third kappa shape index (κ3) is 3.87. The summed E-state index contributed by atoms with van der Waals surface area (Å²) in [6.07, 6.45) is 1.16. The number of rotatable bonds is 4. The highest BCUT2D eigenvalue weighted by molar-refractivity contribution is 9.10. The van der Waals surface area contributed by atoms with Crippen molar-refractivity contribution in [3.8, 4) is 6.07 Å². The molecule has 0 radical (unpaired) electrons. The average Bonchev–Trinajstić information content (AvgIpc) is 3.18. The molecule has 170 valence electrons. The summed E-state index contributed by atoms with van der Waals surface area (Å²) >= 11 is 2.76. The lowest BCUT2D eigenvalue weighted by atomic mass is 9.90. The molecule has 7 nitrogen and oxygen atoms in total. The molecule has 10 heteroatoms. The monoisotopic (exact) mass is 516 g/mol. The molecule has 1 atom stereocenters. The highest BCUT2D eigenvalue weighted by Gasteiger charge is 2.52. The molecule has 2 aromatic rings. The molecule has 0 aliphatic carbocycles. The van der Waals surface area contributed by atoms with Gasteiger partial charge in [0.25, 0.3) is 11.8 Å². The summed E-state index contributed by atoms with van der Waals surface area (Å²) in [4.78, 5) is 26.5. The largest absolute Gasteiger partial charge is 0.509 e. The van der Waals surface area contributed by atoms with Crippen LogP contribution in [0.25, 0.3) is 0 Å². The number of aliphatic hydroxyl groups is 1. The van der Waals surface area contributed by atoms with Crippen molar-refractivity contribution in [2.45, 2.75) is 31.8 Å². The normalized spacial score (nSPS) is 20.6. The summed E-state index contributed by atoms with van der Waals surface area (Å²) in [5, 5.41) is 25.8. The lowest BCUT2D eigenvalue weighted by Gasteiger charge is -2.46. The predicted octanol–water partition coefficient (Wildman–Crippen LogP) is 4.16. The molecule has 1 saturated heterocycles. The Morgan fingerprint density at radius 2 is 1.97 bits per heavy atom. The Kier molecular flexibility index (Phi) is 5.95. The molecule has 0 unspecified atom stereocenters. The molecular formula is C23H19BrF2N4O3.